The maximum absolute atomic E-state index is 12.8. The summed E-state index contributed by atoms with van der Waals surface area (Å²) in [5, 5.41) is 0.466. The number of likely N-dealkylation sites (tertiary alicyclic amines) is 1. The van der Waals surface area contributed by atoms with Crippen LogP contribution >= 0.6 is 11.6 Å². The molecular formula is C20H23ClN2O3S. The van der Waals surface area contributed by atoms with Gasteiger partial charge in [-0.25, -0.2) is 8.42 Å². The van der Waals surface area contributed by atoms with E-state index >= 15 is 0 Å². The molecular weight excluding hydrogens is 384 g/mol. The van der Waals surface area contributed by atoms with Crippen LogP contribution < -0.4 is 4.72 Å². The van der Waals surface area contributed by atoms with Crippen LogP contribution in [-0.2, 0) is 10.0 Å². The highest BCUT2D eigenvalue weighted by molar-refractivity contribution is 7.92. The molecule has 0 atom stereocenters. The van der Waals surface area contributed by atoms with Gasteiger partial charge >= 0.3 is 0 Å². The lowest BCUT2D eigenvalue weighted by Gasteiger charge is -2.30. The second-order valence-electron chi connectivity index (χ2n) is 7.06. The summed E-state index contributed by atoms with van der Waals surface area (Å²) in [4.78, 5) is 14.7. The number of amides is 1. The van der Waals surface area contributed by atoms with Crippen molar-refractivity contribution in [3.8, 4) is 0 Å². The van der Waals surface area contributed by atoms with Gasteiger partial charge in [-0.05, 0) is 67.6 Å². The Hall–Kier alpha value is -2.05. The zero-order valence-corrected chi connectivity index (χ0v) is 17.0. The standard InChI is InChI=1S/C20H23ClN2O3S/c1-14-9-11-23(12-10-14)20(24)16-4-3-15(2)19(13-16)22-27(25,26)18-7-5-17(21)6-8-18/h3-8,13-14,22H,9-12H2,1-2H3. The smallest absolute Gasteiger partial charge is 0.261 e. The second kappa shape index (κ2) is 7.90. The minimum absolute atomic E-state index is 0.0613. The first-order valence-electron chi connectivity index (χ1n) is 8.94. The third-order valence-corrected chi connectivity index (χ3v) is 6.56. The Morgan fingerprint density at radius 2 is 1.74 bits per heavy atom. The van der Waals surface area contributed by atoms with Crippen molar-refractivity contribution < 1.29 is 13.2 Å². The average Bonchev–Trinajstić information content (AvgIpc) is 2.64. The first-order valence-corrected chi connectivity index (χ1v) is 10.8. The van der Waals surface area contributed by atoms with Crippen LogP contribution in [0, 0.1) is 12.8 Å². The molecule has 0 saturated carbocycles. The number of rotatable bonds is 4. The van der Waals surface area contributed by atoms with Crippen LogP contribution in [0.4, 0.5) is 5.69 Å². The highest BCUT2D eigenvalue weighted by Crippen LogP contribution is 2.24. The van der Waals surface area contributed by atoms with Crippen molar-refractivity contribution in [2.75, 3.05) is 17.8 Å². The van der Waals surface area contributed by atoms with Crippen molar-refractivity contribution >= 4 is 33.2 Å². The lowest BCUT2D eigenvalue weighted by molar-refractivity contribution is 0.0697. The van der Waals surface area contributed by atoms with Crippen LogP contribution in [0.3, 0.4) is 0 Å². The minimum Gasteiger partial charge on any atom is -0.339 e. The van der Waals surface area contributed by atoms with Crippen LogP contribution in [0.15, 0.2) is 47.4 Å². The van der Waals surface area contributed by atoms with Crippen molar-refractivity contribution in [1.29, 1.82) is 0 Å². The van der Waals surface area contributed by atoms with E-state index in [-0.39, 0.29) is 10.8 Å². The molecule has 7 heteroatoms. The van der Waals surface area contributed by atoms with Gasteiger partial charge in [-0.2, -0.15) is 0 Å². The van der Waals surface area contributed by atoms with Crippen LogP contribution in [0.2, 0.25) is 5.02 Å². The SMILES string of the molecule is Cc1ccc(C(=O)N2CCC(C)CC2)cc1NS(=O)(=O)c1ccc(Cl)cc1. The fourth-order valence-corrected chi connectivity index (χ4v) is 4.32. The number of hydrogen-bond acceptors (Lipinski definition) is 3. The molecule has 0 unspecified atom stereocenters. The molecule has 1 amide bonds. The Morgan fingerprint density at radius 1 is 1.11 bits per heavy atom. The molecule has 0 spiro atoms. The molecule has 0 aromatic heterocycles. The Labute approximate surface area is 165 Å². The van der Waals surface area contributed by atoms with Gasteiger partial charge < -0.3 is 4.90 Å². The number of anilines is 1. The Bertz CT molecular complexity index is 934. The number of carbonyl (C=O) groups excluding carboxylic acids is 1. The zero-order chi connectivity index (χ0) is 19.6. The molecule has 27 heavy (non-hydrogen) atoms. The van der Waals surface area contributed by atoms with E-state index in [1.807, 2.05) is 4.90 Å². The van der Waals surface area contributed by atoms with E-state index in [4.69, 9.17) is 11.6 Å². The summed E-state index contributed by atoms with van der Waals surface area (Å²) < 4.78 is 27.9. The van der Waals surface area contributed by atoms with Crippen molar-refractivity contribution in [3.63, 3.8) is 0 Å². The summed E-state index contributed by atoms with van der Waals surface area (Å²) in [6.45, 7) is 5.47. The highest BCUT2D eigenvalue weighted by Gasteiger charge is 2.22. The molecule has 3 rings (SSSR count). The number of carbonyl (C=O) groups is 1. The third kappa shape index (κ3) is 4.62. The molecule has 0 bridgehead atoms. The van der Waals surface area contributed by atoms with Crippen LogP contribution in [0.1, 0.15) is 35.7 Å². The summed E-state index contributed by atoms with van der Waals surface area (Å²) in [7, 11) is -3.76. The van der Waals surface area contributed by atoms with Crippen molar-refractivity contribution in [1.82, 2.24) is 4.90 Å². The molecule has 1 N–H and O–H groups in total. The van der Waals surface area contributed by atoms with E-state index in [1.54, 1.807) is 25.1 Å². The normalized spacial score (nSPS) is 15.6. The minimum atomic E-state index is -3.76. The molecule has 0 radical (unpaired) electrons. The average molecular weight is 407 g/mol. The Balaban J connectivity index is 1.83. The van der Waals surface area contributed by atoms with Crippen LogP contribution in [-0.4, -0.2) is 32.3 Å². The summed E-state index contributed by atoms with van der Waals surface area (Å²) in [6, 6.07) is 11.1. The largest absolute Gasteiger partial charge is 0.339 e. The molecule has 1 heterocycles. The fourth-order valence-electron chi connectivity index (χ4n) is 3.08. The van der Waals surface area contributed by atoms with Crippen molar-refractivity contribution in [3.05, 3.63) is 58.6 Å². The molecule has 144 valence electrons. The van der Waals surface area contributed by atoms with Gasteiger partial charge in [-0.1, -0.05) is 24.6 Å². The first-order chi connectivity index (χ1) is 12.8. The Kier molecular flexibility index (Phi) is 5.77. The summed E-state index contributed by atoms with van der Waals surface area (Å²) >= 11 is 5.83. The maximum Gasteiger partial charge on any atom is 0.261 e. The van der Waals surface area contributed by atoms with Gasteiger partial charge in [0, 0.05) is 23.7 Å². The maximum atomic E-state index is 12.8. The van der Waals surface area contributed by atoms with Gasteiger partial charge in [0.05, 0.1) is 10.6 Å². The number of aryl methyl sites for hydroxylation is 1. The third-order valence-electron chi connectivity index (χ3n) is 4.92. The molecule has 5 nitrogen and oxygen atoms in total. The number of piperidine rings is 1. The van der Waals surface area contributed by atoms with E-state index in [1.165, 1.54) is 24.3 Å². The van der Waals surface area contributed by atoms with Crippen molar-refractivity contribution in [2.45, 2.75) is 31.6 Å². The zero-order valence-electron chi connectivity index (χ0n) is 15.4. The molecule has 1 aliphatic rings. The van der Waals surface area contributed by atoms with Gasteiger partial charge in [0.1, 0.15) is 0 Å². The van der Waals surface area contributed by atoms with Crippen LogP contribution in [0.5, 0.6) is 0 Å². The molecule has 1 aliphatic heterocycles. The molecule has 2 aromatic rings. The number of sulfonamides is 1. The van der Waals surface area contributed by atoms with E-state index in [2.05, 4.69) is 11.6 Å². The second-order valence-corrected chi connectivity index (χ2v) is 9.18. The van der Waals surface area contributed by atoms with E-state index in [0.717, 1.165) is 31.5 Å². The molecule has 0 aliphatic carbocycles. The number of benzene rings is 2. The van der Waals surface area contributed by atoms with Gasteiger partial charge in [0.15, 0.2) is 0 Å². The predicted octanol–water partition coefficient (Wildman–Crippen LogP) is 4.32. The first kappa shape index (κ1) is 19.7. The number of nitrogens with zero attached hydrogens (tertiary/aromatic N) is 1. The summed E-state index contributed by atoms with van der Waals surface area (Å²) in [5.74, 6) is 0.572. The van der Waals surface area contributed by atoms with E-state index in [9.17, 15) is 13.2 Å². The van der Waals surface area contributed by atoms with Gasteiger partial charge in [-0.15, -0.1) is 0 Å². The molecule has 2 aromatic carbocycles. The van der Waals surface area contributed by atoms with Gasteiger partial charge in [0.25, 0.3) is 15.9 Å². The number of halogens is 1. The van der Waals surface area contributed by atoms with Crippen LogP contribution in [0.25, 0.3) is 0 Å². The summed E-state index contributed by atoms with van der Waals surface area (Å²) in [5.41, 5.74) is 1.64. The van der Waals surface area contributed by atoms with Gasteiger partial charge in [0.2, 0.25) is 0 Å². The highest BCUT2D eigenvalue weighted by atomic mass is 35.5. The predicted molar refractivity (Wildman–Crippen MR) is 108 cm³/mol. The van der Waals surface area contributed by atoms with E-state index in [0.29, 0.717) is 22.2 Å². The number of nitrogens with one attached hydrogen (secondary N) is 1. The van der Waals surface area contributed by atoms with E-state index < -0.39 is 10.0 Å². The summed E-state index contributed by atoms with van der Waals surface area (Å²) in [6.07, 6.45) is 1.99. The Morgan fingerprint density at radius 3 is 2.37 bits per heavy atom. The fraction of sp³-hybridized carbons (Fsp3) is 0.350. The topological polar surface area (TPSA) is 66.5 Å². The molecule has 1 saturated heterocycles. The van der Waals surface area contributed by atoms with Gasteiger partial charge in [-0.3, -0.25) is 9.52 Å². The monoisotopic (exact) mass is 406 g/mol. The van der Waals surface area contributed by atoms with Crippen molar-refractivity contribution in [2.24, 2.45) is 5.92 Å². The lowest BCUT2D eigenvalue weighted by Crippen LogP contribution is -2.37. The lowest BCUT2D eigenvalue weighted by atomic mass is 9.98. The quantitative estimate of drug-likeness (QED) is 0.822. The number of hydrogen-bond donors (Lipinski definition) is 1. The molecule has 1 fully saturated rings.